The van der Waals surface area contributed by atoms with Gasteiger partial charge >= 0.3 is 5.97 Å². The van der Waals surface area contributed by atoms with E-state index in [4.69, 9.17) is 16.7 Å². The van der Waals surface area contributed by atoms with E-state index in [2.05, 4.69) is 5.32 Å². The summed E-state index contributed by atoms with van der Waals surface area (Å²) in [4.78, 5) is 23.7. The molecule has 19 heavy (non-hydrogen) atoms. The van der Waals surface area contributed by atoms with Gasteiger partial charge in [0, 0.05) is 17.3 Å². The lowest BCUT2D eigenvalue weighted by atomic mass is 10.1. The number of amides is 1. The van der Waals surface area contributed by atoms with Gasteiger partial charge in [-0.25, -0.2) is 0 Å². The molecular formula is C13H16ClNO3S. The van der Waals surface area contributed by atoms with E-state index in [9.17, 15) is 9.59 Å². The lowest BCUT2D eigenvalue weighted by Crippen LogP contribution is -2.33. The number of carboxylic acids is 1. The third-order valence-corrected chi connectivity index (χ3v) is 4.67. The number of nitrogens with one attached hydrogen (secondary N) is 1. The van der Waals surface area contributed by atoms with Crippen molar-refractivity contribution in [2.45, 2.75) is 38.1 Å². The van der Waals surface area contributed by atoms with E-state index in [1.54, 1.807) is 0 Å². The summed E-state index contributed by atoms with van der Waals surface area (Å²) in [6, 6.07) is 3.77. The highest BCUT2D eigenvalue weighted by Crippen LogP contribution is 2.26. The fraction of sp³-hybridized carbons (Fsp3) is 0.538. The Kier molecular flexibility index (Phi) is 4.82. The fourth-order valence-corrected chi connectivity index (χ4v) is 3.45. The minimum Gasteiger partial charge on any atom is -0.481 e. The molecule has 0 spiro atoms. The highest BCUT2D eigenvalue weighted by molar-refractivity contribution is 7.16. The number of carboxylic acid groups (broad SMARTS) is 1. The summed E-state index contributed by atoms with van der Waals surface area (Å²) in [5, 5.41) is 11.8. The van der Waals surface area contributed by atoms with Crippen molar-refractivity contribution in [3.8, 4) is 0 Å². The Bertz CT molecular complexity index is 474. The summed E-state index contributed by atoms with van der Waals surface area (Å²) < 4.78 is 0.732. The van der Waals surface area contributed by atoms with Crippen molar-refractivity contribution >= 4 is 34.8 Å². The Morgan fingerprint density at radius 1 is 1.42 bits per heavy atom. The molecule has 1 heterocycles. The average molecular weight is 302 g/mol. The largest absolute Gasteiger partial charge is 0.481 e. The molecule has 0 saturated heterocycles. The topological polar surface area (TPSA) is 66.4 Å². The molecule has 2 rings (SSSR count). The maximum Gasteiger partial charge on any atom is 0.306 e. The Morgan fingerprint density at radius 2 is 2.21 bits per heavy atom. The van der Waals surface area contributed by atoms with E-state index < -0.39 is 5.97 Å². The normalized spacial score (nSPS) is 22.4. The average Bonchev–Trinajstić information content (AvgIpc) is 2.96. The van der Waals surface area contributed by atoms with Crippen molar-refractivity contribution in [1.29, 1.82) is 0 Å². The molecule has 0 bridgehead atoms. The van der Waals surface area contributed by atoms with Crippen LogP contribution < -0.4 is 5.32 Å². The summed E-state index contributed by atoms with van der Waals surface area (Å²) in [5.74, 6) is -1.08. The van der Waals surface area contributed by atoms with Crippen LogP contribution in [-0.2, 0) is 16.0 Å². The molecule has 1 aromatic rings. The Hall–Kier alpha value is -1.07. The molecule has 2 N–H and O–H groups in total. The van der Waals surface area contributed by atoms with E-state index in [0.717, 1.165) is 15.6 Å². The molecule has 1 aliphatic rings. The van der Waals surface area contributed by atoms with Crippen molar-refractivity contribution in [1.82, 2.24) is 5.32 Å². The van der Waals surface area contributed by atoms with Gasteiger partial charge in [0.05, 0.1) is 10.3 Å². The number of halogens is 1. The third kappa shape index (κ3) is 4.21. The van der Waals surface area contributed by atoms with Crippen LogP contribution in [-0.4, -0.2) is 23.0 Å². The van der Waals surface area contributed by atoms with Gasteiger partial charge in [0.2, 0.25) is 5.91 Å². The van der Waals surface area contributed by atoms with Crippen molar-refractivity contribution in [3.63, 3.8) is 0 Å². The number of hydrogen-bond acceptors (Lipinski definition) is 3. The van der Waals surface area contributed by atoms with Crippen molar-refractivity contribution in [2.24, 2.45) is 5.92 Å². The lowest BCUT2D eigenvalue weighted by Gasteiger charge is -2.12. The van der Waals surface area contributed by atoms with Crippen LogP contribution in [0.2, 0.25) is 4.34 Å². The molecule has 1 fully saturated rings. The Balaban J connectivity index is 1.72. The minimum absolute atomic E-state index is 0.0134. The maximum absolute atomic E-state index is 11.8. The summed E-state index contributed by atoms with van der Waals surface area (Å²) in [6.45, 7) is 0. The predicted molar refractivity (Wildman–Crippen MR) is 74.6 cm³/mol. The molecule has 0 unspecified atom stereocenters. The standard InChI is InChI=1S/C13H16ClNO3S/c14-11-5-3-10(19-11)4-6-12(16)15-9-2-1-8(7-9)13(17)18/h3,5,8-9H,1-2,4,6-7H2,(H,15,16)(H,17,18)/t8-,9+/m0/s1. The minimum atomic E-state index is -0.759. The smallest absolute Gasteiger partial charge is 0.306 e. The highest BCUT2D eigenvalue weighted by atomic mass is 35.5. The molecular weight excluding hydrogens is 286 g/mol. The first-order chi connectivity index (χ1) is 9.04. The van der Waals surface area contributed by atoms with Gasteiger partial charge in [-0.05, 0) is 37.8 Å². The molecule has 4 nitrogen and oxygen atoms in total. The Labute approximate surface area is 120 Å². The van der Waals surface area contributed by atoms with E-state index in [0.29, 0.717) is 25.7 Å². The maximum atomic E-state index is 11.8. The molecule has 0 aliphatic heterocycles. The highest BCUT2D eigenvalue weighted by Gasteiger charge is 2.30. The van der Waals surface area contributed by atoms with Crippen LogP contribution >= 0.6 is 22.9 Å². The molecule has 0 aromatic carbocycles. The van der Waals surface area contributed by atoms with Crippen LogP contribution in [0, 0.1) is 5.92 Å². The quantitative estimate of drug-likeness (QED) is 0.879. The van der Waals surface area contributed by atoms with Crippen molar-refractivity contribution < 1.29 is 14.7 Å². The molecule has 1 saturated carbocycles. The first-order valence-corrected chi connectivity index (χ1v) is 7.50. The number of hydrogen-bond donors (Lipinski definition) is 2. The summed E-state index contributed by atoms with van der Waals surface area (Å²) in [7, 11) is 0. The van der Waals surface area contributed by atoms with E-state index in [-0.39, 0.29) is 17.9 Å². The zero-order chi connectivity index (χ0) is 13.8. The Morgan fingerprint density at radius 3 is 2.79 bits per heavy atom. The van der Waals surface area contributed by atoms with Gasteiger partial charge in [0.1, 0.15) is 0 Å². The molecule has 6 heteroatoms. The van der Waals surface area contributed by atoms with Crippen LogP contribution in [0.1, 0.15) is 30.6 Å². The second kappa shape index (κ2) is 6.39. The summed E-state index contributed by atoms with van der Waals surface area (Å²) >= 11 is 7.31. The second-order valence-electron chi connectivity index (χ2n) is 4.82. The van der Waals surface area contributed by atoms with Crippen LogP contribution in [0.4, 0.5) is 0 Å². The SMILES string of the molecule is O=C(CCc1ccc(Cl)s1)N[C@@H]1CC[C@H](C(=O)O)C1. The zero-order valence-corrected chi connectivity index (χ0v) is 12.0. The van der Waals surface area contributed by atoms with Gasteiger partial charge in [-0.3, -0.25) is 9.59 Å². The van der Waals surface area contributed by atoms with Gasteiger partial charge in [-0.15, -0.1) is 11.3 Å². The number of carbonyl (C=O) groups excluding carboxylic acids is 1. The summed E-state index contributed by atoms with van der Waals surface area (Å²) in [5.41, 5.74) is 0. The van der Waals surface area contributed by atoms with Crippen molar-refractivity contribution in [3.05, 3.63) is 21.3 Å². The first kappa shape index (κ1) is 14.3. The molecule has 1 aromatic heterocycles. The first-order valence-electron chi connectivity index (χ1n) is 6.31. The van der Waals surface area contributed by atoms with Gasteiger partial charge in [0.15, 0.2) is 0 Å². The van der Waals surface area contributed by atoms with Gasteiger partial charge in [0.25, 0.3) is 0 Å². The number of rotatable bonds is 5. The van der Waals surface area contributed by atoms with Crippen LogP contribution in [0.5, 0.6) is 0 Å². The van der Waals surface area contributed by atoms with E-state index in [1.807, 2.05) is 12.1 Å². The third-order valence-electron chi connectivity index (χ3n) is 3.37. The monoisotopic (exact) mass is 301 g/mol. The van der Waals surface area contributed by atoms with Crippen LogP contribution in [0.3, 0.4) is 0 Å². The molecule has 104 valence electrons. The van der Waals surface area contributed by atoms with Crippen molar-refractivity contribution in [2.75, 3.05) is 0 Å². The second-order valence-corrected chi connectivity index (χ2v) is 6.62. The fourth-order valence-electron chi connectivity index (χ4n) is 2.36. The predicted octanol–water partition coefficient (Wildman–Crippen LogP) is 2.70. The number of aliphatic carboxylic acids is 1. The van der Waals surface area contributed by atoms with Gasteiger partial charge in [-0.2, -0.15) is 0 Å². The number of aryl methyl sites for hydroxylation is 1. The zero-order valence-electron chi connectivity index (χ0n) is 10.4. The molecule has 1 amide bonds. The lowest BCUT2D eigenvalue weighted by molar-refractivity contribution is -0.141. The summed E-state index contributed by atoms with van der Waals surface area (Å²) in [6.07, 6.45) is 3.06. The van der Waals surface area contributed by atoms with Crippen LogP contribution in [0.25, 0.3) is 0 Å². The molecule has 2 atom stereocenters. The van der Waals surface area contributed by atoms with Gasteiger partial charge < -0.3 is 10.4 Å². The van der Waals surface area contributed by atoms with Crippen LogP contribution in [0.15, 0.2) is 12.1 Å². The number of carbonyl (C=O) groups is 2. The van der Waals surface area contributed by atoms with Gasteiger partial charge in [-0.1, -0.05) is 11.6 Å². The molecule has 1 aliphatic carbocycles. The van der Waals surface area contributed by atoms with E-state index in [1.165, 1.54) is 11.3 Å². The number of thiophene rings is 1. The molecule has 0 radical (unpaired) electrons. The van der Waals surface area contributed by atoms with E-state index >= 15 is 0 Å².